The fourth-order valence-electron chi connectivity index (χ4n) is 3.36. The molecule has 4 rings (SSSR count). The predicted octanol–water partition coefficient (Wildman–Crippen LogP) is 5.02. The first kappa shape index (κ1) is 25.1. The van der Waals surface area contributed by atoms with Gasteiger partial charge in [0.25, 0.3) is 10.0 Å². The highest BCUT2D eigenvalue weighted by atomic mass is 35.5. The van der Waals surface area contributed by atoms with E-state index in [0.29, 0.717) is 28.0 Å². The molecule has 0 bridgehead atoms. The van der Waals surface area contributed by atoms with Crippen molar-refractivity contribution in [1.29, 1.82) is 0 Å². The highest BCUT2D eigenvalue weighted by Crippen LogP contribution is 2.38. The van der Waals surface area contributed by atoms with E-state index < -0.39 is 10.0 Å². The van der Waals surface area contributed by atoms with Crippen LogP contribution in [0.4, 0.5) is 5.69 Å². The monoisotopic (exact) mass is 532 g/mol. The van der Waals surface area contributed by atoms with Gasteiger partial charge in [0, 0.05) is 34.3 Å². The van der Waals surface area contributed by atoms with Crippen molar-refractivity contribution in [3.8, 4) is 17.1 Å². The van der Waals surface area contributed by atoms with E-state index in [9.17, 15) is 8.42 Å². The van der Waals surface area contributed by atoms with E-state index in [4.69, 9.17) is 16.3 Å². The molecule has 0 atom stereocenters. The maximum atomic E-state index is 13.6. The molecular formula is C23H25ClN6O3S2. The number of rotatable bonds is 9. The average molecular weight is 533 g/mol. The normalized spacial score (nSPS) is 11.7. The van der Waals surface area contributed by atoms with Gasteiger partial charge in [-0.25, -0.2) is 4.98 Å². The predicted molar refractivity (Wildman–Crippen MR) is 136 cm³/mol. The molecule has 0 aliphatic heterocycles. The molecule has 2 aromatic heterocycles. The van der Waals surface area contributed by atoms with Crippen LogP contribution >= 0.6 is 22.9 Å². The minimum absolute atomic E-state index is 0.0475. The molecule has 9 nitrogen and oxygen atoms in total. The van der Waals surface area contributed by atoms with Gasteiger partial charge in [0.1, 0.15) is 12.4 Å². The van der Waals surface area contributed by atoms with E-state index in [1.165, 1.54) is 4.31 Å². The van der Waals surface area contributed by atoms with E-state index in [-0.39, 0.29) is 23.4 Å². The van der Waals surface area contributed by atoms with E-state index in [2.05, 4.69) is 25.6 Å². The number of thiazole rings is 1. The summed E-state index contributed by atoms with van der Waals surface area (Å²) in [5, 5.41) is 16.2. The third kappa shape index (κ3) is 5.63. The highest BCUT2D eigenvalue weighted by molar-refractivity contribution is 7.94. The Hall–Kier alpha value is -3.02. The number of tetrazole rings is 1. The lowest BCUT2D eigenvalue weighted by Crippen LogP contribution is -2.34. The van der Waals surface area contributed by atoms with E-state index in [1.54, 1.807) is 24.4 Å². The maximum Gasteiger partial charge on any atom is 0.291 e. The Kier molecular flexibility index (Phi) is 7.39. The molecule has 184 valence electrons. The molecule has 12 heteroatoms. The van der Waals surface area contributed by atoms with Crippen LogP contribution in [-0.4, -0.2) is 40.6 Å². The van der Waals surface area contributed by atoms with E-state index >= 15 is 0 Å². The minimum Gasteiger partial charge on any atom is -0.487 e. The highest BCUT2D eigenvalue weighted by Gasteiger charge is 2.31. The third-order valence-corrected chi connectivity index (χ3v) is 8.64. The van der Waals surface area contributed by atoms with Crippen LogP contribution in [0.15, 0.2) is 46.1 Å². The molecule has 0 unspecified atom stereocenters. The van der Waals surface area contributed by atoms with Gasteiger partial charge in [-0.15, -0.1) is 21.5 Å². The number of nitrogens with one attached hydrogen (secondary N) is 1. The van der Waals surface area contributed by atoms with Crippen LogP contribution in [0.5, 0.6) is 5.75 Å². The van der Waals surface area contributed by atoms with Gasteiger partial charge >= 0.3 is 0 Å². The zero-order valence-electron chi connectivity index (χ0n) is 19.7. The second-order valence-electron chi connectivity index (χ2n) is 8.47. The Morgan fingerprint density at radius 2 is 1.91 bits per heavy atom. The number of nitrogens with zero attached hydrogens (tertiary/aromatic N) is 5. The molecule has 0 saturated heterocycles. The number of hydrogen-bond acceptors (Lipinski definition) is 8. The van der Waals surface area contributed by atoms with Crippen LogP contribution < -0.4 is 9.04 Å². The Balaban J connectivity index is 1.67. The summed E-state index contributed by atoms with van der Waals surface area (Å²) in [6, 6.07) is 10.9. The Bertz CT molecular complexity index is 1400. The number of aromatic nitrogens is 5. The lowest BCUT2D eigenvalue weighted by molar-refractivity contribution is 0.307. The molecular weight excluding hydrogens is 508 g/mol. The fraction of sp³-hybridized carbons (Fsp3) is 0.304. The first-order valence-electron chi connectivity index (χ1n) is 10.9. The zero-order valence-corrected chi connectivity index (χ0v) is 22.1. The number of anilines is 1. The Morgan fingerprint density at radius 1 is 1.17 bits per heavy atom. The van der Waals surface area contributed by atoms with Crippen LogP contribution in [-0.2, 0) is 16.6 Å². The van der Waals surface area contributed by atoms with Crippen molar-refractivity contribution in [1.82, 2.24) is 25.6 Å². The van der Waals surface area contributed by atoms with Crippen molar-refractivity contribution in [2.75, 3.05) is 10.8 Å². The second-order valence-corrected chi connectivity index (χ2v) is 11.8. The van der Waals surface area contributed by atoms with Gasteiger partial charge in [-0.05, 0) is 42.2 Å². The van der Waals surface area contributed by atoms with Crippen LogP contribution in [0.1, 0.15) is 30.7 Å². The molecule has 0 saturated carbocycles. The molecule has 4 aromatic rings. The summed E-state index contributed by atoms with van der Waals surface area (Å²) < 4.78 is 34.8. The number of sulfonamides is 1. The summed E-state index contributed by atoms with van der Waals surface area (Å²) in [5.74, 6) is 0.935. The molecule has 0 radical (unpaired) electrons. The zero-order chi connectivity index (χ0) is 25.2. The van der Waals surface area contributed by atoms with Crippen molar-refractivity contribution >= 4 is 38.6 Å². The first-order valence-corrected chi connectivity index (χ1v) is 13.6. The standard InChI is InChI=1S/C23H25ClN6O3S2/c1-14(2)11-30(35(31,32)23-25-16(4)13-34-23)20-9-15(3)19(24)10-21(20)33-12-17-5-7-18(8-6-17)22-26-28-29-27-22/h5-10,13-14H,11-12H2,1-4H3,(H,26,27,28,29). The summed E-state index contributed by atoms with van der Waals surface area (Å²) >= 11 is 7.52. The van der Waals surface area contributed by atoms with Gasteiger partial charge in [-0.3, -0.25) is 4.31 Å². The molecule has 2 heterocycles. The van der Waals surface area contributed by atoms with Crippen molar-refractivity contribution in [3.63, 3.8) is 0 Å². The van der Waals surface area contributed by atoms with E-state index in [1.807, 2.05) is 45.0 Å². The van der Waals surface area contributed by atoms with Crippen molar-refractivity contribution in [2.45, 2.75) is 38.6 Å². The molecule has 0 aliphatic carbocycles. The number of hydrogen-bond donors (Lipinski definition) is 1. The molecule has 2 aromatic carbocycles. The van der Waals surface area contributed by atoms with Crippen LogP contribution in [0, 0.1) is 19.8 Å². The topological polar surface area (TPSA) is 114 Å². The van der Waals surface area contributed by atoms with Crippen molar-refractivity contribution in [2.24, 2.45) is 5.92 Å². The molecule has 1 N–H and O–H groups in total. The quantitative estimate of drug-likeness (QED) is 0.321. The SMILES string of the molecule is Cc1csc(S(=O)(=O)N(CC(C)C)c2cc(C)c(Cl)cc2OCc2ccc(-c3nn[nH]n3)cc2)n1. The molecule has 35 heavy (non-hydrogen) atoms. The van der Waals surface area contributed by atoms with Crippen LogP contribution in [0.2, 0.25) is 5.02 Å². The largest absolute Gasteiger partial charge is 0.487 e. The summed E-state index contributed by atoms with van der Waals surface area (Å²) in [6.45, 7) is 8.00. The van der Waals surface area contributed by atoms with Gasteiger partial charge < -0.3 is 4.74 Å². The summed E-state index contributed by atoms with van der Waals surface area (Å²) in [5.41, 5.74) is 3.53. The van der Waals surface area contributed by atoms with Gasteiger partial charge in [0.2, 0.25) is 10.2 Å². The number of H-pyrrole nitrogens is 1. The van der Waals surface area contributed by atoms with Gasteiger partial charge in [-0.1, -0.05) is 49.7 Å². The maximum absolute atomic E-state index is 13.6. The average Bonchev–Trinajstić information content (AvgIpc) is 3.51. The third-order valence-electron chi connectivity index (χ3n) is 5.10. The minimum atomic E-state index is -3.90. The van der Waals surface area contributed by atoms with Crippen LogP contribution in [0.3, 0.4) is 0 Å². The van der Waals surface area contributed by atoms with Gasteiger partial charge in [0.15, 0.2) is 0 Å². The smallest absolute Gasteiger partial charge is 0.291 e. The number of aryl methyl sites for hydroxylation is 2. The van der Waals surface area contributed by atoms with Crippen molar-refractivity contribution < 1.29 is 13.2 Å². The number of ether oxygens (including phenoxy) is 1. The molecule has 0 aliphatic rings. The fourth-order valence-corrected chi connectivity index (χ4v) is 6.28. The number of benzene rings is 2. The Labute approximate surface area is 213 Å². The van der Waals surface area contributed by atoms with E-state index in [0.717, 1.165) is 28.0 Å². The summed E-state index contributed by atoms with van der Waals surface area (Å²) in [4.78, 5) is 4.23. The molecule has 0 fully saturated rings. The molecule has 0 spiro atoms. The van der Waals surface area contributed by atoms with Crippen molar-refractivity contribution in [3.05, 3.63) is 63.6 Å². The lowest BCUT2D eigenvalue weighted by Gasteiger charge is -2.27. The summed E-state index contributed by atoms with van der Waals surface area (Å²) in [6.07, 6.45) is 0. The second kappa shape index (κ2) is 10.3. The van der Waals surface area contributed by atoms with Gasteiger partial charge in [-0.2, -0.15) is 13.6 Å². The molecule has 0 amide bonds. The number of aromatic amines is 1. The summed E-state index contributed by atoms with van der Waals surface area (Å²) in [7, 11) is -3.90. The van der Waals surface area contributed by atoms with Gasteiger partial charge in [0.05, 0.1) is 5.69 Å². The number of halogens is 1. The van der Waals surface area contributed by atoms with Crippen LogP contribution in [0.25, 0.3) is 11.4 Å². The Morgan fingerprint density at radius 3 is 2.51 bits per heavy atom. The first-order chi connectivity index (χ1) is 16.6. The lowest BCUT2D eigenvalue weighted by atomic mass is 10.1.